The Morgan fingerprint density at radius 1 is 0.960 bits per heavy atom. The minimum absolute atomic E-state index is 0.0467. The third-order valence-corrected chi connectivity index (χ3v) is 3.93. The molecule has 0 aliphatic carbocycles. The molecule has 0 fully saturated rings. The van der Waals surface area contributed by atoms with Gasteiger partial charge in [0.15, 0.2) is 0 Å². The van der Waals surface area contributed by atoms with Gasteiger partial charge in [0.25, 0.3) is 0 Å². The number of rotatable bonds is 6. The lowest BCUT2D eigenvalue weighted by Gasteiger charge is -2.11. The number of ether oxygens (including phenoxy) is 1. The fourth-order valence-corrected chi connectivity index (χ4v) is 2.56. The first-order valence-electron chi connectivity index (χ1n) is 8.14. The third kappa shape index (κ3) is 4.67. The molecule has 0 spiro atoms. The molecule has 0 bridgehead atoms. The van der Waals surface area contributed by atoms with Crippen molar-refractivity contribution >= 4 is 17.3 Å². The molecule has 2 aromatic rings. The molecule has 4 nitrogen and oxygen atoms in total. The quantitative estimate of drug-likeness (QED) is 0.652. The van der Waals surface area contributed by atoms with E-state index in [1.807, 2.05) is 66.9 Å². The molecule has 3 rings (SSSR count). The summed E-state index contributed by atoms with van der Waals surface area (Å²) >= 11 is 0. The van der Waals surface area contributed by atoms with Crippen LogP contribution in [0.2, 0.25) is 0 Å². The number of Topliss-reactive ketones (excluding diaryl/α,β-unsaturated/α-hetero) is 1. The lowest BCUT2D eigenvalue weighted by molar-refractivity contribution is -0.154. The van der Waals surface area contributed by atoms with Gasteiger partial charge in [-0.3, -0.25) is 4.79 Å². The van der Waals surface area contributed by atoms with E-state index in [4.69, 9.17) is 4.74 Å². The highest BCUT2D eigenvalue weighted by Gasteiger charge is 2.16. The first-order valence-corrected chi connectivity index (χ1v) is 8.14. The van der Waals surface area contributed by atoms with E-state index in [1.165, 1.54) is 5.57 Å². The zero-order valence-corrected chi connectivity index (χ0v) is 13.8. The van der Waals surface area contributed by atoms with Gasteiger partial charge in [0.05, 0.1) is 0 Å². The highest BCUT2D eigenvalue weighted by Crippen LogP contribution is 2.17. The average molecular weight is 333 g/mol. The highest BCUT2D eigenvalue weighted by molar-refractivity contribution is 6.34. The summed E-state index contributed by atoms with van der Waals surface area (Å²) in [7, 11) is 0. The van der Waals surface area contributed by atoms with Gasteiger partial charge in [-0.25, -0.2) is 4.79 Å². The summed E-state index contributed by atoms with van der Waals surface area (Å²) < 4.78 is 5.07. The Kier molecular flexibility index (Phi) is 5.42. The summed E-state index contributed by atoms with van der Waals surface area (Å²) in [6.45, 7) is 0.889. The van der Waals surface area contributed by atoms with Crippen molar-refractivity contribution in [3.05, 3.63) is 89.6 Å². The fourth-order valence-electron chi connectivity index (χ4n) is 2.56. The second kappa shape index (κ2) is 8.11. The first kappa shape index (κ1) is 16.7. The summed E-state index contributed by atoms with van der Waals surface area (Å²) in [6, 6.07) is 17.0. The number of benzene rings is 2. The maximum absolute atomic E-state index is 12.0. The Hall–Kier alpha value is -3.14. The zero-order valence-electron chi connectivity index (χ0n) is 13.8. The van der Waals surface area contributed by atoms with Crippen molar-refractivity contribution in [1.29, 1.82) is 0 Å². The number of carbonyl (C=O) groups is 2. The fraction of sp³-hybridized carbons (Fsp3) is 0.143. The molecule has 1 aliphatic rings. The van der Waals surface area contributed by atoms with Crippen LogP contribution < -0.4 is 5.32 Å². The Balaban J connectivity index is 1.54. The Morgan fingerprint density at radius 2 is 1.72 bits per heavy atom. The number of nitrogens with one attached hydrogen (secondary N) is 1. The second-order valence-corrected chi connectivity index (χ2v) is 5.79. The molecule has 0 atom stereocenters. The van der Waals surface area contributed by atoms with Crippen LogP contribution >= 0.6 is 0 Å². The van der Waals surface area contributed by atoms with Gasteiger partial charge in [0.2, 0.25) is 5.78 Å². The van der Waals surface area contributed by atoms with E-state index in [-0.39, 0.29) is 13.0 Å². The van der Waals surface area contributed by atoms with Crippen molar-refractivity contribution in [2.75, 3.05) is 6.54 Å². The minimum atomic E-state index is -0.794. The van der Waals surface area contributed by atoms with E-state index in [2.05, 4.69) is 11.4 Å². The highest BCUT2D eigenvalue weighted by atomic mass is 16.5. The number of hydrogen-bond acceptors (Lipinski definition) is 4. The van der Waals surface area contributed by atoms with Gasteiger partial charge in [-0.05, 0) is 34.5 Å². The molecule has 0 radical (unpaired) electrons. The Bertz CT molecular complexity index is 805. The van der Waals surface area contributed by atoms with E-state index < -0.39 is 11.8 Å². The topological polar surface area (TPSA) is 55.4 Å². The molecular weight excluding hydrogens is 314 g/mol. The molecule has 0 saturated carbocycles. The molecule has 2 aromatic carbocycles. The molecule has 25 heavy (non-hydrogen) atoms. The summed E-state index contributed by atoms with van der Waals surface area (Å²) in [5.74, 6) is -1.33. The lowest BCUT2D eigenvalue weighted by Crippen LogP contribution is -2.19. The molecule has 1 N–H and O–H groups in total. The number of dihydropyridines is 1. The van der Waals surface area contributed by atoms with Crippen molar-refractivity contribution in [1.82, 2.24) is 5.32 Å². The molecule has 0 unspecified atom stereocenters. The zero-order chi connectivity index (χ0) is 17.5. The maximum atomic E-state index is 12.0. The number of carbonyl (C=O) groups excluding carboxylic acids is 2. The molecule has 0 amide bonds. The molecule has 4 heteroatoms. The van der Waals surface area contributed by atoms with Crippen LogP contribution in [0.15, 0.2) is 72.9 Å². The van der Waals surface area contributed by atoms with Crippen molar-refractivity contribution < 1.29 is 14.3 Å². The monoisotopic (exact) mass is 333 g/mol. The van der Waals surface area contributed by atoms with E-state index in [0.29, 0.717) is 0 Å². The largest absolute Gasteiger partial charge is 0.455 e. The third-order valence-electron chi connectivity index (χ3n) is 3.93. The predicted octanol–water partition coefficient (Wildman–Crippen LogP) is 3.04. The number of hydrogen-bond donors (Lipinski definition) is 1. The SMILES string of the molecule is O=C(Cc1ccc(C2=CC=CNC2)cc1)C(=O)OCc1ccccc1. The van der Waals surface area contributed by atoms with Gasteiger partial charge >= 0.3 is 5.97 Å². The van der Waals surface area contributed by atoms with Crippen LogP contribution in [0.4, 0.5) is 0 Å². The normalized spacial score (nSPS) is 12.9. The number of ketones is 1. The molecule has 126 valence electrons. The van der Waals surface area contributed by atoms with Crippen LogP contribution in [-0.4, -0.2) is 18.3 Å². The average Bonchev–Trinajstić information content (AvgIpc) is 2.68. The predicted molar refractivity (Wildman–Crippen MR) is 96.5 cm³/mol. The standard InChI is InChI=1S/C21H19NO3/c23-20(21(24)25-15-17-5-2-1-3-6-17)13-16-8-10-18(11-9-16)19-7-4-12-22-14-19/h1-12,22H,13-15H2. The molecule has 0 saturated heterocycles. The second-order valence-electron chi connectivity index (χ2n) is 5.79. The smallest absolute Gasteiger partial charge is 0.375 e. The number of esters is 1. The van der Waals surface area contributed by atoms with Crippen molar-refractivity contribution in [3.63, 3.8) is 0 Å². The first-order chi connectivity index (χ1) is 12.2. The molecule has 0 aromatic heterocycles. The van der Waals surface area contributed by atoms with Crippen molar-refractivity contribution in [2.45, 2.75) is 13.0 Å². The van der Waals surface area contributed by atoms with Gasteiger partial charge in [0.1, 0.15) is 6.61 Å². The van der Waals surface area contributed by atoms with Gasteiger partial charge in [-0.15, -0.1) is 0 Å². The van der Waals surface area contributed by atoms with Crippen molar-refractivity contribution in [2.24, 2.45) is 0 Å². The Morgan fingerprint density at radius 3 is 2.40 bits per heavy atom. The van der Waals surface area contributed by atoms with E-state index >= 15 is 0 Å². The van der Waals surface area contributed by atoms with Crippen LogP contribution in [0.5, 0.6) is 0 Å². The van der Waals surface area contributed by atoms with E-state index in [0.717, 1.165) is 23.2 Å². The summed E-state index contributed by atoms with van der Waals surface area (Å²) in [5.41, 5.74) is 3.93. The molecular formula is C21H19NO3. The van der Waals surface area contributed by atoms with Gasteiger partial charge in [-0.2, -0.15) is 0 Å². The van der Waals surface area contributed by atoms with Crippen molar-refractivity contribution in [3.8, 4) is 0 Å². The molecule has 1 aliphatic heterocycles. The lowest BCUT2D eigenvalue weighted by atomic mass is 10.0. The van der Waals surface area contributed by atoms with Gasteiger partial charge in [0, 0.05) is 13.0 Å². The van der Waals surface area contributed by atoms with Crippen LogP contribution in [0, 0.1) is 0 Å². The van der Waals surface area contributed by atoms with E-state index in [1.54, 1.807) is 0 Å². The van der Waals surface area contributed by atoms with Crippen LogP contribution in [0.1, 0.15) is 16.7 Å². The van der Waals surface area contributed by atoms with Crippen LogP contribution in [0.3, 0.4) is 0 Å². The maximum Gasteiger partial charge on any atom is 0.375 e. The van der Waals surface area contributed by atoms with Gasteiger partial charge < -0.3 is 10.1 Å². The minimum Gasteiger partial charge on any atom is -0.455 e. The Labute approximate surface area is 146 Å². The van der Waals surface area contributed by atoms with Gasteiger partial charge in [-0.1, -0.05) is 60.7 Å². The number of allylic oxidation sites excluding steroid dienone is 2. The summed E-state index contributed by atoms with van der Waals surface area (Å²) in [5, 5.41) is 3.16. The molecule has 1 heterocycles. The van der Waals surface area contributed by atoms with E-state index in [9.17, 15) is 9.59 Å². The van der Waals surface area contributed by atoms with Crippen LogP contribution in [0.25, 0.3) is 5.57 Å². The van der Waals surface area contributed by atoms with Crippen LogP contribution in [-0.2, 0) is 27.4 Å². The summed E-state index contributed by atoms with van der Waals surface area (Å²) in [6.07, 6.45) is 5.96. The summed E-state index contributed by atoms with van der Waals surface area (Å²) in [4.78, 5) is 23.9.